The van der Waals surface area contributed by atoms with Gasteiger partial charge < -0.3 is 33.5 Å². The minimum atomic E-state index is -3.91. The monoisotopic (exact) mass is 1440 g/mol. The predicted molar refractivity (Wildman–Crippen MR) is 372 cm³/mol. The molecule has 0 radical (unpaired) electrons. The quantitative estimate of drug-likeness (QED) is 0.0820. The van der Waals surface area contributed by atoms with Gasteiger partial charge in [-0.25, -0.2) is 50.9 Å². The van der Waals surface area contributed by atoms with Crippen molar-refractivity contribution in [1.82, 2.24) is 17.2 Å². The van der Waals surface area contributed by atoms with Crippen molar-refractivity contribution in [3.8, 4) is 22.3 Å². The number of ether oxygens (including phenoxy) is 6. The minimum absolute atomic E-state index is 0.0484. The van der Waals surface area contributed by atoms with Gasteiger partial charge in [-0.3, -0.25) is 24.0 Å². The zero-order valence-electron chi connectivity index (χ0n) is 59.5. The van der Waals surface area contributed by atoms with Crippen molar-refractivity contribution in [3.05, 3.63) is 118 Å². The molecule has 5 aliphatic rings. The van der Waals surface area contributed by atoms with E-state index in [1.54, 1.807) is 0 Å². The van der Waals surface area contributed by atoms with Gasteiger partial charge in [-0.05, 0) is 159 Å². The molecule has 5 saturated heterocycles. The number of esters is 4. The lowest BCUT2D eigenvalue weighted by Crippen LogP contribution is -2.55. The van der Waals surface area contributed by atoms with Crippen LogP contribution in [-0.4, -0.2) is 204 Å². The molecule has 98 heavy (non-hydrogen) atoms. The zero-order chi connectivity index (χ0) is 73.4. The lowest BCUT2D eigenvalue weighted by molar-refractivity contribution is -0.179. The molecule has 5 heterocycles. The van der Waals surface area contributed by atoms with Crippen molar-refractivity contribution in [2.24, 2.45) is 0 Å². The maximum Gasteiger partial charge on any atom is 0.328 e. The summed E-state index contributed by atoms with van der Waals surface area (Å²) >= 11 is 0. The third-order valence-electron chi connectivity index (χ3n) is 19.4. The molecule has 0 saturated carbocycles. The number of methoxy groups -OCH3 is 4. The van der Waals surface area contributed by atoms with E-state index in [9.17, 15) is 62.8 Å². The van der Waals surface area contributed by atoms with E-state index >= 15 is 0 Å². The maximum atomic E-state index is 13.0. The predicted octanol–water partition coefficient (Wildman–Crippen LogP) is 8.01. The zero-order valence-corrected chi connectivity index (χ0v) is 62.8. The number of carbonyl (C=O) groups is 5. The van der Waals surface area contributed by atoms with E-state index in [4.69, 9.17) is 14.2 Å². The Kier molecular flexibility index (Phi) is 26.3. The molecule has 1 N–H and O–H groups in total. The van der Waals surface area contributed by atoms with Crippen LogP contribution in [0.25, 0.3) is 22.3 Å². The SMILES string of the molecule is COC(=O)C(C)(C)S(=O)(=O)N1CCC(=O)CC1.COC(=O)C(C)(C)S(=O)(=O)N1CCC(O)(c2ccc(-c3cccc(C)c3)c(C)c2)CC1.COC(=O)C(C)(C)S(=O)(=O)N1CCC(c2ccc(-c3cccc(C)c3)c(C)c2)CC1.COC(=O)C(C)(C)S(=O)(=O)N1CCC2(CC1)OCCO2. The van der Waals surface area contributed by atoms with Crippen molar-refractivity contribution in [2.45, 2.75) is 171 Å². The second kappa shape index (κ2) is 31.9. The van der Waals surface area contributed by atoms with Gasteiger partial charge in [0.25, 0.3) is 0 Å². The van der Waals surface area contributed by atoms with Gasteiger partial charge in [0.1, 0.15) is 5.78 Å². The van der Waals surface area contributed by atoms with Crippen molar-refractivity contribution in [2.75, 3.05) is 94.0 Å². The molecule has 0 aliphatic carbocycles. The Balaban J connectivity index is 0.000000212. The first-order valence-corrected chi connectivity index (χ1v) is 38.4. The molecule has 1 spiro atoms. The van der Waals surface area contributed by atoms with Crippen LogP contribution in [0.2, 0.25) is 0 Å². The molecule has 0 amide bonds. The summed E-state index contributed by atoms with van der Waals surface area (Å²) in [6.07, 6.45) is 3.35. The fourth-order valence-corrected chi connectivity index (χ4v) is 18.9. The standard InChI is InChI=1S/C24H31NO5S.C24H31NO4S.C12H21NO6S.C10H17NO5S/c1-17-7-6-8-19(15-17)21-10-9-20(16-18(21)2)24(27)11-13-25(14-12-24)31(28,29)23(3,4)22(26)30-5;1-17-7-6-8-21(15-17)22-10-9-20(16-18(22)2)19-11-13-25(14-12-19)30(27,28)24(3,4)23(26)29-5;1-11(2,10(14)17-3)20(15,16)13-6-4-12(5-7-13)18-8-9-19-12;1-10(2,9(13)16-3)17(14,15)11-6-4-8(12)5-7-11/h6-10,15-16,27H,11-14H2,1-5H3;6-10,15-16,19H,11-14H2,1-5H3;4-9H2,1-3H3;4-7H2,1-3H3. The average molecular weight is 1450 g/mol. The third kappa shape index (κ3) is 17.3. The first-order chi connectivity index (χ1) is 45.5. The number of aryl methyl sites for hydroxylation is 4. The highest BCUT2D eigenvalue weighted by Crippen LogP contribution is 2.40. The first kappa shape index (κ1) is 80.9. The van der Waals surface area contributed by atoms with Gasteiger partial charge in [-0.1, -0.05) is 96.1 Å². The van der Waals surface area contributed by atoms with Crippen LogP contribution in [-0.2, 0) is 98.1 Å². The minimum Gasteiger partial charge on any atom is -0.468 e. The molecule has 0 bridgehead atoms. The number of sulfonamides is 4. The maximum absolute atomic E-state index is 13.0. The molecule has 5 aliphatic heterocycles. The molecule has 544 valence electrons. The molecule has 28 heteroatoms. The number of carbonyl (C=O) groups excluding carboxylic acids is 5. The largest absolute Gasteiger partial charge is 0.468 e. The van der Waals surface area contributed by atoms with Crippen LogP contribution in [0.4, 0.5) is 0 Å². The molecule has 5 fully saturated rings. The van der Waals surface area contributed by atoms with E-state index in [1.165, 1.54) is 127 Å². The highest BCUT2D eigenvalue weighted by molar-refractivity contribution is 7.92. The Hall–Kier alpha value is -6.05. The van der Waals surface area contributed by atoms with E-state index in [0.717, 1.165) is 42.2 Å². The van der Waals surface area contributed by atoms with Crippen LogP contribution < -0.4 is 0 Å². The highest BCUT2D eigenvalue weighted by atomic mass is 32.2. The average Bonchev–Trinajstić information content (AvgIpc) is 0.933. The van der Waals surface area contributed by atoms with Gasteiger partial charge in [-0.15, -0.1) is 0 Å². The van der Waals surface area contributed by atoms with Crippen molar-refractivity contribution in [1.29, 1.82) is 0 Å². The number of hydrogen-bond donors (Lipinski definition) is 1. The molecular formula is C70H100N4O20S4. The van der Waals surface area contributed by atoms with Gasteiger partial charge in [0.05, 0.1) is 47.3 Å². The number of rotatable bonds is 16. The van der Waals surface area contributed by atoms with Crippen LogP contribution in [0.1, 0.15) is 146 Å². The Morgan fingerprint density at radius 3 is 1.14 bits per heavy atom. The molecule has 0 aromatic heterocycles. The lowest BCUT2D eigenvalue weighted by atomic mass is 9.83. The van der Waals surface area contributed by atoms with Gasteiger partial charge >= 0.3 is 23.9 Å². The van der Waals surface area contributed by atoms with Crippen molar-refractivity contribution < 1.29 is 91.2 Å². The smallest absolute Gasteiger partial charge is 0.328 e. The van der Waals surface area contributed by atoms with Crippen LogP contribution in [0.3, 0.4) is 0 Å². The number of Topliss-reactive ketones (excluding diaryl/α,β-unsaturated/α-hetero) is 1. The van der Waals surface area contributed by atoms with E-state index in [1.807, 2.05) is 31.2 Å². The Morgan fingerprint density at radius 1 is 0.459 bits per heavy atom. The van der Waals surface area contributed by atoms with Crippen molar-refractivity contribution >= 4 is 69.8 Å². The molecule has 4 aromatic carbocycles. The van der Waals surface area contributed by atoms with E-state index in [2.05, 4.69) is 95.6 Å². The summed E-state index contributed by atoms with van der Waals surface area (Å²) in [6, 6.07) is 29.2. The fraction of sp³-hybridized carbons (Fsp3) is 0.586. The van der Waals surface area contributed by atoms with Gasteiger partial charge in [0.15, 0.2) is 24.8 Å². The van der Waals surface area contributed by atoms with E-state index in [0.29, 0.717) is 45.1 Å². The normalized spacial score (nSPS) is 18.7. The molecule has 4 aromatic rings. The summed E-state index contributed by atoms with van der Waals surface area (Å²) in [6.45, 7) is 22.2. The molecule has 0 atom stereocenters. The molecule has 9 rings (SSSR count). The summed E-state index contributed by atoms with van der Waals surface area (Å²) in [4.78, 5) is 58.2. The Bertz CT molecular complexity index is 4000. The molecular weight excluding hydrogens is 1350 g/mol. The first-order valence-electron chi connectivity index (χ1n) is 32.7. The van der Waals surface area contributed by atoms with Gasteiger partial charge in [-0.2, -0.15) is 0 Å². The van der Waals surface area contributed by atoms with E-state index < -0.39 is 94.3 Å². The highest BCUT2D eigenvalue weighted by Gasteiger charge is 2.53. The van der Waals surface area contributed by atoms with Crippen LogP contribution in [0.5, 0.6) is 0 Å². The molecule has 24 nitrogen and oxygen atoms in total. The van der Waals surface area contributed by atoms with Crippen molar-refractivity contribution in [3.63, 3.8) is 0 Å². The molecule has 0 unspecified atom stereocenters. The van der Waals surface area contributed by atoms with E-state index in [-0.39, 0.29) is 70.7 Å². The number of benzene rings is 4. The summed E-state index contributed by atoms with van der Waals surface area (Å²) in [5.41, 5.74) is 10.3. The lowest BCUT2D eigenvalue weighted by Gasteiger charge is -2.40. The second-order valence-electron chi connectivity index (χ2n) is 27.4. The van der Waals surface area contributed by atoms with Gasteiger partial charge in [0, 0.05) is 78.0 Å². The number of piperidine rings is 4. The number of hydrogen-bond acceptors (Lipinski definition) is 20. The summed E-state index contributed by atoms with van der Waals surface area (Å²) < 4.78 is 130. The summed E-state index contributed by atoms with van der Waals surface area (Å²) in [7, 11) is -10.5. The number of nitrogens with zero attached hydrogens (tertiary/aromatic N) is 4. The summed E-state index contributed by atoms with van der Waals surface area (Å²) in [5.74, 6) is -3.36. The topological polar surface area (TPSA) is 310 Å². The van der Waals surface area contributed by atoms with Crippen LogP contribution >= 0.6 is 0 Å². The number of ketones is 1. The third-order valence-corrected chi connectivity index (χ3v) is 29.4. The van der Waals surface area contributed by atoms with Crippen LogP contribution in [0.15, 0.2) is 84.9 Å². The van der Waals surface area contributed by atoms with Gasteiger partial charge in [0.2, 0.25) is 40.1 Å². The Labute approximate surface area is 580 Å². The fourth-order valence-electron chi connectivity index (χ4n) is 12.5. The Morgan fingerprint density at radius 2 is 0.796 bits per heavy atom. The summed E-state index contributed by atoms with van der Waals surface area (Å²) in [5, 5.41) is 11.3. The van der Waals surface area contributed by atoms with Crippen LogP contribution in [0, 0.1) is 27.7 Å². The second-order valence-corrected chi connectivity index (χ2v) is 37.4. The number of aliphatic hydroxyl groups is 1.